The number of carbonyl (C=O) groups excluding carboxylic acids is 3. The van der Waals surface area contributed by atoms with Crippen LogP contribution in [0.3, 0.4) is 0 Å². The number of aryl methyl sites for hydroxylation is 3. The van der Waals surface area contributed by atoms with Crippen molar-refractivity contribution in [1.82, 2.24) is 10.6 Å². The van der Waals surface area contributed by atoms with E-state index in [1.165, 1.54) is 0 Å². The molecule has 0 saturated heterocycles. The summed E-state index contributed by atoms with van der Waals surface area (Å²) in [4.78, 5) is 40.6. The van der Waals surface area contributed by atoms with Gasteiger partial charge in [0.25, 0.3) is 11.8 Å². The van der Waals surface area contributed by atoms with Crippen LogP contribution in [-0.2, 0) is 22.4 Å². The van der Waals surface area contributed by atoms with Crippen LogP contribution >= 0.6 is 0 Å². The zero-order chi connectivity index (χ0) is 36.0. The maximum atomic E-state index is 14.0. The fraction of sp³-hybridized carbons (Fsp3) is 0.372. The summed E-state index contributed by atoms with van der Waals surface area (Å²) in [6.07, 6.45) is 0.844. The smallest absolute Gasteiger partial charge is 0.258 e. The number of hydrogen-bond donors (Lipinski definition) is 3. The van der Waals surface area contributed by atoms with E-state index in [1.807, 2.05) is 132 Å². The van der Waals surface area contributed by atoms with Crippen LogP contribution < -0.4 is 15.4 Å². The third kappa shape index (κ3) is 12.0. The third-order valence-electron chi connectivity index (χ3n) is 9.00. The van der Waals surface area contributed by atoms with E-state index in [9.17, 15) is 19.5 Å². The molecule has 0 heterocycles. The van der Waals surface area contributed by atoms with Crippen molar-refractivity contribution >= 4 is 17.6 Å². The molecule has 7 heteroatoms. The molecule has 0 aromatic heterocycles. The predicted molar refractivity (Wildman–Crippen MR) is 199 cm³/mol. The van der Waals surface area contributed by atoms with Gasteiger partial charge in [-0.25, -0.2) is 0 Å². The lowest BCUT2D eigenvalue weighted by atomic mass is 9.83. The highest BCUT2D eigenvalue weighted by atomic mass is 16.5. The molecular weight excluding hydrogens is 624 g/mol. The van der Waals surface area contributed by atoms with Crippen molar-refractivity contribution in [1.29, 1.82) is 0 Å². The molecule has 3 N–H and O–H groups in total. The molecule has 0 aliphatic carbocycles. The van der Waals surface area contributed by atoms with Crippen molar-refractivity contribution in [2.45, 2.75) is 84.9 Å². The molecule has 0 bridgehead atoms. The topological polar surface area (TPSA) is 105 Å². The Morgan fingerprint density at radius 1 is 0.720 bits per heavy atom. The summed E-state index contributed by atoms with van der Waals surface area (Å²) in [7, 11) is 0. The van der Waals surface area contributed by atoms with Gasteiger partial charge in [-0.2, -0.15) is 0 Å². The highest BCUT2D eigenvalue weighted by Crippen LogP contribution is 2.25. The number of amides is 2. The van der Waals surface area contributed by atoms with Gasteiger partial charge in [-0.3, -0.25) is 14.4 Å². The zero-order valence-corrected chi connectivity index (χ0v) is 30.0. The van der Waals surface area contributed by atoms with Gasteiger partial charge in [0.15, 0.2) is 12.4 Å². The highest BCUT2D eigenvalue weighted by molar-refractivity contribution is 5.98. The molecule has 0 fully saturated rings. The molecule has 50 heavy (non-hydrogen) atoms. The Labute approximate surface area is 297 Å². The van der Waals surface area contributed by atoms with Gasteiger partial charge in [0.1, 0.15) is 5.75 Å². The van der Waals surface area contributed by atoms with Gasteiger partial charge in [-0.15, -0.1) is 0 Å². The highest BCUT2D eigenvalue weighted by Gasteiger charge is 2.31. The van der Waals surface area contributed by atoms with E-state index in [-0.39, 0.29) is 43.0 Å². The standard InChI is InChI=1S/C43H52N2O5/c1-29(2)22-38(45-43(49)35-21-12-14-30(3)23-35)40(47)26-36(24-33-17-8-6-9-18-33)39(46)27-37(25-34-19-10-7-11-20-34)44-41(48)28-50-42-31(4)15-13-16-32(42)5/h6-21,23,29,36-39,46H,22,24-28H2,1-5H3,(H,44,48)(H,45,49)/t36-,37+,38+,39+/m1/s1. The van der Waals surface area contributed by atoms with Gasteiger partial charge in [-0.05, 0) is 92.7 Å². The Morgan fingerprint density at radius 2 is 1.32 bits per heavy atom. The molecule has 4 aromatic carbocycles. The number of carbonyl (C=O) groups is 3. The van der Waals surface area contributed by atoms with Crippen LogP contribution in [0, 0.1) is 32.6 Å². The number of aliphatic hydroxyl groups is 1. The van der Waals surface area contributed by atoms with Crippen LogP contribution in [-0.4, -0.2) is 47.5 Å². The number of Topliss-reactive ketones (excluding diaryl/α,β-unsaturated/α-hetero) is 1. The van der Waals surface area contributed by atoms with Crippen molar-refractivity contribution in [3.63, 3.8) is 0 Å². The molecule has 4 rings (SSSR count). The van der Waals surface area contributed by atoms with E-state index < -0.39 is 24.1 Å². The minimum absolute atomic E-state index is 0.0726. The summed E-state index contributed by atoms with van der Waals surface area (Å²) in [5.74, 6) is -0.291. The van der Waals surface area contributed by atoms with Crippen LogP contribution in [0.5, 0.6) is 5.75 Å². The molecule has 0 aliphatic rings. The van der Waals surface area contributed by atoms with E-state index in [4.69, 9.17) is 4.74 Å². The van der Waals surface area contributed by atoms with Gasteiger partial charge in [0, 0.05) is 18.0 Å². The average Bonchev–Trinajstić information content (AvgIpc) is 3.08. The van der Waals surface area contributed by atoms with E-state index in [0.717, 1.165) is 27.8 Å². The fourth-order valence-corrected chi connectivity index (χ4v) is 6.44. The van der Waals surface area contributed by atoms with E-state index in [1.54, 1.807) is 6.07 Å². The Kier molecular flexibility index (Phi) is 14.4. The first kappa shape index (κ1) is 38.1. The largest absolute Gasteiger partial charge is 0.483 e. The number of ether oxygens (including phenoxy) is 1. The normalized spacial score (nSPS) is 13.6. The number of para-hydroxylation sites is 1. The number of aliphatic hydroxyl groups excluding tert-OH is 1. The molecular formula is C43H52N2O5. The molecule has 0 radical (unpaired) electrons. The average molecular weight is 677 g/mol. The van der Waals surface area contributed by atoms with Crippen LogP contribution in [0.1, 0.15) is 71.3 Å². The lowest BCUT2D eigenvalue weighted by Crippen LogP contribution is -2.45. The number of benzene rings is 4. The number of rotatable bonds is 18. The second-order valence-corrected chi connectivity index (χ2v) is 13.9. The Balaban J connectivity index is 1.53. The van der Waals surface area contributed by atoms with Gasteiger partial charge in [0.05, 0.1) is 12.1 Å². The Morgan fingerprint density at radius 3 is 1.92 bits per heavy atom. The van der Waals surface area contributed by atoms with Gasteiger partial charge >= 0.3 is 0 Å². The minimum Gasteiger partial charge on any atom is -0.483 e. The summed E-state index contributed by atoms with van der Waals surface area (Å²) in [6.45, 7) is 9.71. The number of ketones is 1. The van der Waals surface area contributed by atoms with Crippen LogP contribution in [0.4, 0.5) is 0 Å². The monoisotopic (exact) mass is 676 g/mol. The number of nitrogens with one attached hydrogen (secondary N) is 2. The molecule has 264 valence electrons. The first-order chi connectivity index (χ1) is 24.0. The second-order valence-electron chi connectivity index (χ2n) is 13.9. The van der Waals surface area contributed by atoms with Crippen molar-refractivity contribution in [2.24, 2.45) is 11.8 Å². The van der Waals surface area contributed by atoms with E-state index in [2.05, 4.69) is 10.6 Å². The van der Waals surface area contributed by atoms with Gasteiger partial charge in [-0.1, -0.05) is 110 Å². The summed E-state index contributed by atoms with van der Waals surface area (Å²) < 4.78 is 5.94. The van der Waals surface area contributed by atoms with Crippen LogP contribution in [0.15, 0.2) is 103 Å². The van der Waals surface area contributed by atoms with Crippen LogP contribution in [0.2, 0.25) is 0 Å². The molecule has 4 aromatic rings. The summed E-state index contributed by atoms with van der Waals surface area (Å²) in [6, 6.07) is 31.7. The van der Waals surface area contributed by atoms with Crippen molar-refractivity contribution in [3.05, 3.63) is 137 Å². The van der Waals surface area contributed by atoms with Gasteiger partial charge in [0.2, 0.25) is 0 Å². The Bertz CT molecular complexity index is 1670. The van der Waals surface area contributed by atoms with Gasteiger partial charge < -0.3 is 20.5 Å². The predicted octanol–water partition coefficient (Wildman–Crippen LogP) is 7.13. The van der Waals surface area contributed by atoms with Crippen molar-refractivity contribution in [2.75, 3.05) is 6.61 Å². The second kappa shape index (κ2) is 18.9. The molecule has 7 nitrogen and oxygen atoms in total. The fourth-order valence-electron chi connectivity index (χ4n) is 6.44. The molecule has 2 amide bonds. The van der Waals surface area contributed by atoms with Crippen molar-refractivity contribution in [3.8, 4) is 5.75 Å². The SMILES string of the molecule is Cc1cccc(C(=O)N[C@@H](CC(C)C)C(=O)C[C@@H](Cc2ccccc2)[C@@H](O)C[C@H](Cc2ccccc2)NC(=O)COc2c(C)cccc2C)c1. The molecule has 0 saturated carbocycles. The maximum Gasteiger partial charge on any atom is 0.258 e. The summed E-state index contributed by atoms with van der Waals surface area (Å²) in [5.41, 5.74) is 5.39. The molecule has 0 unspecified atom stereocenters. The Hall–Kier alpha value is -4.75. The third-order valence-corrected chi connectivity index (χ3v) is 9.00. The lowest BCUT2D eigenvalue weighted by Gasteiger charge is -2.29. The minimum atomic E-state index is -0.917. The first-order valence-corrected chi connectivity index (χ1v) is 17.6. The maximum absolute atomic E-state index is 14.0. The molecule has 0 aliphatic heterocycles. The summed E-state index contributed by atoms with van der Waals surface area (Å²) >= 11 is 0. The van der Waals surface area contributed by atoms with E-state index in [0.29, 0.717) is 30.6 Å². The molecule has 4 atom stereocenters. The van der Waals surface area contributed by atoms with Crippen LogP contribution in [0.25, 0.3) is 0 Å². The van der Waals surface area contributed by atoms with Crippen molar-refractivity contribution < 1.29 is 24.2 Å². The molecule has 0 spiro atoms. The quantitative estimate of drug-likeness (QED) is 0.104. The lowest BCUT2D eigenvalue weighted by molar-refractivity contribution is -0.125. The first-order valence-electron chi connectivity index (χ1n) is 17.6. The van der Waals surface area contributed by atoms with E-state index >= 15 is 0 Å². The number of hydrogen-bond acceptors (Lipinski definition) is 5. The summed E-state index contributed by atoms with van der Waals surface area (Å²) in [5, 5.41) is 18.0. The zero-order valence-electron chi connectivity index (χ0n) is 30.0.